The van der Waals surface area contributed by atoms with Gasteiger partial charge in [-0.15, -0.1) is 0 Å². The van der Waals surface area contributed by atoms with Crippen LogP contribution < -0.4 is 4.90 Å². The summed E-state index contributed by atoms with van der Waals surface area (Å²) in [5.74, 6) is 0. The van der Waals surface area contributed by atoms with Crippen LogP contribution in [0.1, 0.15) is 22.7 Å². The Morgan fingerprint density at radius 3 is 2.52 bits per heavy atom. The average Bonchev–Trinajstić information content (AvgIpc) is 2.59. The van der Waals surface area contributed by atoms with Gasteiger partial charge in [0.15, 0.2) is 0 Å². The van der Waals surface area contributed by atoms with E-state index in [9.17, 15) is 4.79 Å². The number of hydrogen-bond acceptors (Lipinski definition) is 4. The van der Waals surface area contributed by atoms with Gasteiger partial charge in [0.1, 0.15) is 12.3 Å². The number of nitrogens with zero attached hydrogens (tertiary/aromatic N) is 3. The minimum atomic E-state index is -0.0383. The number of hydrogen-bond donors (Lipinski definition) is 0. The van der Waals surface area contributed by atoms with Crippen LogP contribution in [-0.4, -0.2) is 31.6 Å². The zero-order valence-electron chi connectivity index (χ0n) is 13.3. The molecule has 0 amide bonds. The van der Waals surface area contributed by atoms with E-state index in [4.69, 9.17) is 0 Å². The Balaban J connectivity index is 2.05. The summed E-state index contributed by atoms with van der Waals surface area (Å²) in [4.78, 5) is 12.8. The second kappa shape index (κ2) is 6.48. The van der Waals surface area contributed by atoms with E-state index < -0.39 is 0 Å². The van der Waals surface area contributed by atoms with Crippen molar-refractivity contribution in [1.82, 2.24) is 5.01 Å². The molecule has 0 bridgehead atoms. The van der Waals surface area contributed by atoms with E-state index in [1.54, 1.807) is 6.20 Å². The second-order valence-corrected chi connectivity index (χ2v) is 5.62. The molecule has 1 unspecified atom stereocenters. The van der Waals surface area contributed by atoms with Gasteiger partial charge in [0.25, 0.3) is 0 Å². The molecule has 1 aliphatic rings. The summed E-state index contributed by atoms with van der Waals surface area (Å²) in [6.07, 6.45) is 5.77. The summed E-state index contributed by atoms with van der Waals surface area (Å²) < 4.78 is 0. The lowest BCUT2D eigenvalue weighted by Gasteiger charge is -2.31. The zero-order valence-corrected chi connectivity index (χ0v) is 13.3. The molecule has 116 valence electrons. The van der Waals surface area contributed by atoms with Crippen LogP contribution in [0.2, 0.25) is 0 Å². The molecule has 23 heavy (non-hydrogen) atoms. The summed E-state index contributed by atoms with van der Waals surface area (Å²) in [7, 11) is 4.04. The fourth-order valence-corrected chi connectivity index (χ4v) is 2.75. The summed E-state index contributed by atoms with van der Waals surface area (Å²) >= 11 is 0. The van der Waals surface area contributed by atoms with E-state index in [0.29, 0.717) is 0 Å². The van der Waals surface area contributed by atoms with Crippen molar-refractivity contribution in [3.63, 3.8) is 0 Å². The molecule has 0 aliphatic carbocycles. The van der Waals surface area contributed by atoms with E-state index in [-0.39, 0.29) is 6.04 Å². The van der Waals surface area contributed by atoms with Crippen LogP contribution in [0.15, 0.2) is 65.9 Å². The predicted molar refractivity (Wildman–Crippen MR) is 93.7 cm³/mol. The highest BCUT2D eigenvalue weighted by molar-refractivity contribution is 5.83. The van der Waals surface area contributed by atoms with Crippen molar-refractivity contribution in [2.75, 3.05) is 19.0 Å². The lowest BCUT2D eigenvalue weighted by atomic mass is 9.93. The highest BCUT2D eigenvalue weighted by Crippen LogP contribution is 2.34. The maximum atomic E-state index is 10.7. The second-order valence-electron chi connectivity index (χ2n) is 5.62. The zero-order chi connectivity index (χ0) is 16.2. The summed E-state index contributed by atoms with van der Waals surface area (Å²) in [6.45, 7) is 0. The fraction of sp³-hybridized carbons (Fsp3) is 0.158. The molecular formula is C19H19N3O. The molecule has 1 atom stereocenters. The number of anilines is 1. The molecule has 3 rings (SSSR count). The Morgan fingerprint density at radius 2 is 1.83 bits per heavy atom. The number of carbonyl (C=O) groups excluding carboxylic acids is 1. The molecule has 0 saturated carbocycles. The predicted octanol–water partition coefficient (Wildman–Crippen LogP) is 3.20. The van der Waals surface area contributed by atoms with Gasteiger partial charge in [-0.1, -0.05) is 36.4 Å². The Bertz CT molecular complexity index is 747. The first-order valence-electron chi connectivity index (χ1n) is 7.51. The Labute approximate surface area is 136 Å². The standard InChI is InChI=1S/C19H19N3O/c1-21(2)17-10-8-15(9-11-17)19-18-7-4-3-6-16(18)14-20-22(19)12-5-13-23/h3-14,19H,1-2H3. The summed E-state index contributed by atoms with van der Waals surface area (Å²) in [5, 5.41) is 6.30. The van der Waals surface area contributed by atoms with Crippen LogP contribution in [0.3, 0.4) is 0 Å². The first-order chi connectivity index (χ1) is 11.2. The molecule has 0 spiro atoms. The molecule has 2 aromatic carbocycles. The van der Waals surface area contributed by atoms with Gasteiger partial charge in [0, 0.05) is 31.5 Å². The molecule has 0 saturated heterocycles. The molecule has 0 aromatic heterocycles. The van der Waals surface area contributed by atoms with Gasteiger partial charge in [0.2, 0.25) is 0 Å². The van der Waals surface area contributed by atoms with Gasteiger partial charge in [-0.05, 0) is 29.3 Å². The number of aldehydes is 1. The van der Waals surface area contributed by atoms with Crippen molar-refractivity contribution in [3.05, 3.63) is 77.5 Å². The minimum Gasteiger partial charge on any atom is -0.378 e. The molecule has 4 nitrogen and oxygen atoms in total. The maximum Gasteiger partial charge on any atom is 0.144 e. The van der Waals surface area contributed by atoms with Gasteiger partial charge in [-0.3, -0.25) is 9.80 Å². The van der Waals surface area contributed by atoms with Crippen LogP contribution >= 0.6 is 0 Å². The Morgan fingerprint density at radius 1 is 1.09 bits per heavy atom. The molecule has 0 N–H and O–H groups in total. The van der Waals surface area contributed by atoms with Crippen molar-refractivity contribution in [2.24, 2.45) is 5.10 Å². The van der Waals surface area contributed by atoms with Crippen LogP contribution in [0.4, 0.5) is 5.69 Å². The normalized spacial score (nSPS) is 16.4. The minimum absolute atomic E-state index is 0.0383. The molecule has 2 aromatic rings. The fourth-order valence-electron chi connectivity index (χ4n) is 2.75. The third-order valence-corrected chi connectivity index (χ3v) is 3.93. The van der Waals surface area contributed by atoms with Gasteiger partial charge in [0.05, 0.1) is 6.21 Å². The first kappa shape index (κ1) is 15.0. The van der Waals surface area contributed by atoms with Crippen molar-refractivity contribution < 1.29 is 4.79 Å². The number of rotatable bonds is 4. The number of hydrazone groups is 1. The van der Waals surface area contributed by atoms with Crippen molar-refractivity contribution in [2.45, 2.75) is 6.04 Å². The van der Waals surface area contributed by atoms with Crippen LogP contribution in [0.5, 0.6) is 0 Å². The topological polar surface area (TPSA) is 35.9 Å². The van der Waals surface area contributed by atoms with E-state index in [1.165, 1.54) is 11.6 Å². The van der Waals surface area contributed by atoms with Crippen LogP contribution in [-0.2, 0) is 4.79 Å². The molecule has 1 heterocycles. The smallest absolute Gasteiger partial charge is 0.144 e. The Kier molecular flexibility index (Phi) is 4.24. The van der Waals surface area contributed by atoms with E-state index in [2.05, 4.69) is 46.4 Å². The Hall–Kier alpha value is -2.88. The van der Waals surface area contributed by atoms with E-state index >= 15 is 0 Å². The lowest BCUT2D eigenvalue weighted by molar-refractivity contribution is -0.104. The largest absolute Gasteiger partial charge is 0.378 e. The number of benzene rings is 2. The van der Waals surface area contributed by atoms with Crippen molar-refractivity contribution >= 4 is 18.2 Å². The van der Waals surface area contributed by atoms with Gasteiger partial charge < -0.3 is 4.90 Å². The number of allylic oxidation sites excluding steroid dienone is 1. The van der Waals surface area contributed by atoms with E-state index in [1.807, 2.05) is 37.5 Å². The van der Waals surface area contributed by atoms with Gasteiger partial charge in [-0.25, -0.2) is 0 Å². The molecule has 1 aliphatic heterocycles. The average molecular weight is 305 g/mol. The maximum absolute atomic E-state index is 10.7. The van der Waals surface area contributed by atoms with Crippen molar-refractivity contribution in [1.29, 1.82) is 0 Å². The number of fused-ring (bicyclic) bond motifs is 1. The summed E-state index contributed by atoms with van der Waals surface area (Å²) in [5.41, 5.74) is 4.56. The molecule has 4 heteroatoms. The highest BCUT2D eigenvalue weighted by Gasteiger charge is 2.24. The van der Waals surface area contributed by atoms with Gasteiger partial charge in [-0.2, -0.15) is 5.10 Å². The van der Waals surface area contributed by atoms with E-state index in [0.717, 1.165) is 23.1 Å². The summed E-state index contributed by atoms with van der Waals surface area (Å²) in [6, 6.07) is 16.6. The van der Waals surface area contributed by atoms with Gasteiger partial charge >= 0.3 is 0 Å². The third-order valence-electron chi connectivity index (χ3n) is 3.93. The van der Waals surface area contributed by atoms with Crippen LogP contribution in [0.25, 0.3) is 0 Å². The lowest BCUT2D eigenvalue weighted by Crippen LogP contribution is -2.24. The quantitative estimate of drug-likeness (QED) is 0.643. The number of carbonyl (C=O) groups is 1. The molecular weight excluding hydrogens is 286 g/mol. The molecule has 0 radical (unpaired) electrons. The van der Waals surface area contributed by atoms with Crippen LogP contribution in [0, 0.1) is 0 Å². The highest BCUT2D eigenvalue weighted by atomic mass is 16.1. The van der Waals surface area contributed by atoms with Crippen molar-refractivity contribution in [3.8, 4) is 0 Å². The SMILES string of the molecule is CN(C)c1ccc(C2c3ccccc3C=NN2C=CC=O)cc1. The first-order valence-corrected chi connectivity index (χ1v) is 7.51. The third kappa shape index (κ3) is 3.01. The molecule has 0 fully saturated rings. The monoisotopic (exact) mass is 305 g/mol.